The van der Waals surface area contributed by atoms with Crippen LogP contribution in [-0.2, 0) is 11.3 Å². The Bertz CT molecular complexity index is 772. The van der Waals surface area contributed by atoms with Crippen molar-refractivity contribution in [2.45, 2.75) is 37.8 Å². The second-order valence-electron chi connectivity index (χ2n) is 5.91. The Morgan fingerprint density at radius 1 is 1.20 bits per heavy atom. The van der Waals surface area contributed by atoms with Gasteiger partial charge in [0, 0.05) is 5.69 Å². The number of aromatic nitrogens is 2. The van der Waals surface area contributed by atoms with Crippen LogP contribution in [0.4, 0.5) is 10.1 Å². The zero-order chi connectivity index (χ0) is 17.9. The van der Waals surface area contributed by atoms with Crippen LogP contribution in [0.5, 0.6) is 0 Å². The molecular formula is C16H17FN4O3S. The summed E-state index contributed by atoms with van der Waals surface area (Å²) in [6.07, 6.45) is 2.92. The van der Waals surface area contributed by atoms with Crippen molar-refractivity contribution in [3.8, 4) is 0 Å². The molecule has 0 bridgehead atoms. The standard InChI is InChI=1S/C16H17FN4O3S/c17-10-3-5-11(6-4-10)19-13(22)14-21-20-12(25-14)9-18-16(15(23)24)7-1-2-8-16/h3-6,18H,1-2,7-9H2,(H,19,22)(H,23,24). The maximum absolute atomic E-state index is 12.9. The number of anilines is 1. The van der Waals surface area contributed by atoms with Crippen molar-refractivity contribution in [1.29, 1.82) is 0 Å². The zero-order valence-electron chi connectivity index (χ0n) is 13.3. The minimum atomic E-state index is -0.914. The first-order valence-corrected chi connectivity index (χ1v) is 8.68. The number of aliphatic carboxylic acids is 1. The van der Waals surface area contributed by atoms with Gasteiger partial charge in [-0.1, -0.05) is 24.2 Å². The summed E-state index contributed by atoms with van der Waals surface area (Å²) in [5.74, 6) is -1.69. The van der Waals surface area contributed by atoms with Gasteiger partial charge in [-0.3, -0.25) is 14.9 Å². The van der Waals surface area contributed by atoms with Crippen LogP contribution in [0.1, 0.15) is 40.5 Å². The van der Waals surface area contributed by atoms with E-state index in [9.17, 15) is 19.1 Å². The Balaban J connectivity index is 1.61. The van der Waals surface area contributed by atoms with Gasteiger partial charge in [0.25, 0.3) is 5.91 Å². The van der Waals surface area contributed by atoms with Crippen LogP contribution in [0.15, 0.2) is 24.3 Å². The van der Waals surface area contributed by atoms with E-state index in [2.05, 4.69) is 20.8 Å². The summed E-state index contributed by atoms with van der Waals surface area (Å²) in [4.78, 5) is 23.6. The van der Waals surface area contributed by atoms with E-state index in [0.29, 0.717) is 23.5 Å². The van der Waals surface area contributed by atoms with E-state index < -0.39 is 17.4 Å². The van der Waals surface area contributed by atoms with Gasteiger partial charge in [-0.25, -0.2) is 4.39 Å². The number of carbonyl (C=O) groups excluding carboxylic acids is 1. The largest absolute Gasteiger partial charge is 0.480 e. The molecule has 1 saturated carbocycles. The van der Waals surface area contributed by atoms with Crippen LogP contribution in [0.2, 0.25) is 0 Å². The Kier molecular flexibility index (Phi) is 5.05. The molecule has 3 N–H and O–H groups in total. The molecule has 1 aliphatic rings. The van der Waals surface area contributed by atoms with Crippen molar-refractivity contribution in [2.24, 2.45) is 0 Å². The van der Waals surface area contributed by atoms with E-state index in [-0.39, 0.29) is 17.4 Å². The average molecular weight is 364 g/mol. The molecule has 1 fully saturated rings. The number of hydrogen-bond donors (Lipinski definition) is 3. The molecule has 1 amide bonds. The quantitative estimate of drug-likeness (QED) is 0.727. The topological polar surface area (TPSA) is 104 Å². The van der Waals surface area contributed by atoms with Gasteiger partial charge < -0.3 is 10.4 Å². The molecule has 25 heavy (non-hydrogen) atoms. The van der Waals surface area contributed by atoms with Crippen molar-refractivity contribution < 1.29 is 19.1 Å². The Morgan fingerprint density at radius 3 is 2.52 bits per heavy atom. The lowest BCUT2D eigenvalue weighted by atomic mass is 9.98. The summed E-state index contributed by atoms with van der Waals surface area (Å²) < 4.78 is 12.9. The average Bonchev–Trinajstić information content (AvgIpc) is 3.25. The van der Waals surface area contributed by atoms with Crippen LogP contribution in [-0.4, -0.2) is 32.7 Å². The van der Waals surface area contributed by atoms with Crippen LogP contribution in [0.25, 0.3) is 0 Å². The highest BCUT2D eigenvalue weighted by Gasteiger charge is 2.40. The maximum Gasteiger partial charge on any atom is 0.323 e. The smallest absolute Gasteiger partial charge is 0.323 e. The zero-order valence-corrected chi connectivity index (χ0v) is 14.1. The number of hydrogen-bond acceptors (Lipinski definition) is 6. The van der Waals surface area contributed by atoms with E-state index in [1.54, 1.807) is 0 Å². The Labute approximate surface area is 147 Å². The number of halogens is 1. The normalized spacial score (nSPS) is 15.9. The van der Waals surface area contributed by atoms with Crippen LogP contribution < -0.4 is 10.6 Å². The van der Waals surface area contributed by atoms with Gasteiger partial charge in [0.15, 0.2) is 0 Å². The SMILES string of the molecule is O=C(Nc1ccc(F)cc1)c1nnc(CNC2(C(=O)O)CCCC2)s1. The first kappa shape index (κ1) is 17.4. The van der Waals surface area contributed by atoms with Gasteiger partial charge in [0.1, 0.15) is 16.4 Å². The molecule has 1 aliphatic carbocycles. The minimum absolute atomic E-state index is 0.164. The number of carbonyl (C=O) groups is 2. The highest BCUT2D eigenvalue weighted by atomic mass is 32.1. The van der Waals surface area contributed by atoms with Crippen LogP contribution >= 0.6 is 11.3 Å². The molecule has 1 aromatic heterocycles. The lowest BCUT2D eigenvalue weighted by Crippen LogP contribution is -2.49. The van der Waals surface area contributed by atoms with Crippen molar-refractivity contribution in [2.75, 3.05) is 5.32 Å². The van der Waals surface area contributed by atoms with Gasteiger partial charge in [-0.05, 0) is 37.1 Å². The number of carboxylic acid groups (broad SMARTS) is 1. The van der Waals surface area contributed by atoms with E-state index >= 15 is 0 Å². The maximum atomic E-state index is 12.9. The van der Waals surface area contributed by atoms with Gasteiger partial charge in [-0.2, -0.15) is 0 Å². The first-order chi connectivity index (χ1) is 12.0. The fourth-order valence-electron chi connectivity index (χ4n) is 2.82. The lowest BCUT2D eigenvalue weighted by molar-refractivity contribution is -0.144. The molecular weight excluding hydrogens is 347 g/mol. The fourth-order valence-corrected chi connectivity index (χ4v) is 3.50. The van der Waals surface area contributed by atoms with Crippen LogP contribution in [0.3, 0.4) is 0 Å². The molecule has 132 valence electrons. The first-order valence-electron chi connectivity index (χ1n) is 7.86. The summed E-state index contributed by atoms with van der Waals surface area (Å²) in [5.41, 5.74) is -0.459. The van der Waals surface area contributed by atoms with E-state index in [1.807, 2.05) is 0 Å². The summed E-state index contributed by atoms with van der Waals surface area (Å²) >= 11 is 1.09. The number of benzene rings is 1. The number of nitrogens with zero attached hydrogens (tertiary/aromatic N) is 2. The molecule has 0 spiro atoms. The summed E-state index contributed by atoms with van der Waals surface area (Å²) in [6.45, 7) is 0.244. The summed E-state index contributed by atoms with van der Waals surface area (Å²) in [5, 5.41) is 23.6. The molecule has 9 heteroatoms. The highest BCUT2D eigenvalue weighted by Crippen LogP contribution is 2.30. The Hall–Kier alpha value is -2.39. The lowest BCUT2D eigenvalue weighted by Gasteiger charge is -2.24. The molecule has 3 rings (SSSR count). The van der Waals surface area contributed by atoms with Crippen LogP contribution in [0, 0.1) is 5.82 Å². The molecule has 7 nitrogen and oxygen atoms in total. The van der Waals surface area contributed by atoms with Crippen molar-refractivity contribution in [1.82, 2.24) is 15.5 Å². The molecule has 0 atom stereocenters. The number of rotatable bonds is 6. The van der Waals surface area contributed by atoms with Gasteiger partial charge >= 0.3 is 5.97 Å². The number of carboxylic acids is 1. The monoisotopic (exact) mass is 364 g/mol. The Morgan fingerprint density at radius 2 is 1.88 bits per heavy atom. The third-order valence-corrected chi connectivity index (χ3v) is 5.13. The molecule has 0 radical (unpaired) electrons. The second kappa shape index (κ2) is 7.24. The number of amides is 1. The van der Waals surface area contributed by atoms with Gasteiger partial charge in [-0.15, -0.1) is 10.2 Å². The molecule has 0 unspecified atom stereocenters. The third-order valence-electron chi connectivity index (χ3n) is 4.21. The second-order valence-corrected chi connectivity index (χ2v) is 6.97. The molecule has 2 aromatic rings. The third kappa shape index (κ3) is 3.99. The summed E-state index contributed by atoms with van der Waals surface area (Å²) in [7, 11) is 0. The van der Waals surface area contributed by atoms with Gasteiger partial charge in [0.05, 0.1) is 6.54 Å². The highest BCUT2D eigenvalue weighted by molar-refractivity contribution is 7.13. The van der Waals surface area contributed by atoms with E-state index in [4.69, 9.17) is 0 Å². The molecule has 0 saturated heterocycles. The van der Waals surface area contributed by atoms with Crippen molar-refractivity contribution in [3.05, 3.63) is 40.1 Å². The number of nitrogens with one attached hydrogen (secondary N) is 2. The molecule has 1 heterocycles. The fraction of sp³-hybridized carbons (Fsp3) is 0.375. The predicted octanol–water partition coefficient (Wildman–Crippen LogP) is 2.42. The molecule has 0 aliphatic heterocycles. The van der Waals surface area contributed by atoms with Crippen molar-refractivity contribution >= 4 is 28.9 Å². The predicted molar refractivity (Wildman–Crippen MR) is 89.9 cm³/mol. The van der Waals surface area contributed by atoms with E-state index in [1.165, 1.54) is 24.3 Å². The van der Waals surface area contributed by atoms with E-state index in [0.717, 1.165) is 24.2 Å². The summed E-state index contributed by atoms with van der Waals surface area (Å²) in [6, 6.07) is 5.40. The van der Waals surface area contributed by atoms with Crippen molar-refractivity contribution in [3.63, 3.8) is 0 Å². The molecule has 1 aromatic carbocycles. The van der Waals surface area contributed by atoms with Gasteiger partial charge in [0.2, 0.25) is 5.01 Å². The minimum Gasteiger partial charge on any atom is -0.480 e.